The number of hydrogen-bond donors (Lipinski definition) is 0. The molecule has 0 aliphatic carbocycles. The van der Waals surface area contributed by atoms with Gasteiger partial charge in [-0.05, 0) is 42.0 Å². The SMILES string of the molecule is O=Cc1c(-c2ccc(F)cc2)nc2scc(-c3ccc([N+](=O)[O-])cc3)n12. The first-order chi connectivity index (χ1) is 12.6. The summed E-state index contributed by atoms with van der Waals surface area (Å²) in [5.74, 6) is -0.367. The van der Waals surface area contributed by atoms with E-state index in [0.29, 0.717) is 33.9 Å². The second-order valence-corrected chi connectivity index (χ2v) is 6.35. The molecule has 0 radical (unpaired) electrons. The number of rotatable bonds is 4. The van der Waals surface area contributed by atoms with Crippen LogP contribution in [-0.4, -0.2) is 20.6 Å². The van der Waals surface area contributed by atoms with Crippen LogP contribution in [0, 0.1) is 15.9 Å². The maximum Gasteiger partial charge on any atom is 0.269 e. The Bertz CT molecular complexity index is 1130. The third kappa shape index (κ3) is 2.56. The molecule has 0 saturated heterocycles. The lowest BCUT2D eigenvalue weighted by Crippen LogP contribution is -1.94. The third-order valence-corrected chi connectivity index (χ3v) is 4.83. The van der Waals surface area contributed by atoms with Gasteiger partial charge in [0.1, 0.15) is 17.2 Å². The molecule has 8 heteroatoms. The van der Waals surface area contributed by atoms with E-state index >= 15 is 0 Å². The number of aldehydes is 1. The minimum absolute atomic E-state index is 0.00605. The van der Waals surface area contributed by atoms with Gasteiger partial charge in [0.15, 0.2) is 11.2 Å². The van der Waals surface area contributed by atoms with Crippen LogP contribution in [0.1, 0.15) is 10.5 Å². The molecule has 2 heterocycles. The highest BCUT2D eigenvalue weighted by atomic mass is 32.1. The van der Waals surface area contributed by atoms with Crippen molar-refractivity contribution >= 4 is 28.3 Å². The van der Waals surface area contributed by atoms with Crippen molar-refractivity contribution in [3.8, 4) is 22.5 Å². The highest BCUT2D eigenvalue weighted by Gasteiger charge is 2.19. The molecule has 0 N–H and O–H groups in total. The summed E-state index contributed by atoms with van der Waals surface area (Å²) in [5.41, 5.74) is 2.89. The summed E-state index contributed by atoms with van der Waals surface area (Å²) in [4.78, 5) is 27.2. The molecule has 2 aromatic carbocycles. The summed E-state index contributed by atoms with van der Waals surface area (Å²) in [5, 5.41) is 12.7. The molecule has 128 valence electrons. The molecule has 0 atom stereocenters. The number of imidazole rings is 1. The second kappa shape index (κ2) is 6.16. The van der Waals surface area contributed by atoms with Gasteiger partial charge in [0.2, 0.25) is 0 Å². The van der Waals surface area contributed by atoms with Crippen molar-refractivity contribution in [3.05, 3.63) is 75.5 Å². The second-order valence-electron chi connectivity index (χ2n) is 5.51. The van der Waals surface area contributed by atoms with Gasteiger partial charge in [0.05, 0.1) is 10.6 Å². The Kier molecular flexibility index (Phi) is 3.81. The first-order valence-corrected chi connectivity index (χ1v) is 8.42. The zero-order chi connectivity index (χ0) is 18.3. The molecule has 0 saturated carbocycles. The number of nitro benzene ring substituents is 1. The standard InChI is InChI=1S/C18H10FN3O3S/c19-13-5-1-12(2-6-13)17-15(9-23)21-16(10-26-18(21)20-17)11-3-7-14(8-4-11)22(24)25/h1-10H. The van der Waals surface area contributed by atoms with Crippen LogP contribution < -0.4 is 0 Å². The van der Waals surface area contributed by atoms with E-state index in [1.165, 1.54) is 35.6 Å². The largest absolute Gasteiger partial charge is 0.296 e. The number of aromatic nitrogens is 2. The van der Waals surface area contributed by atoms with E-state index in [2.05, 4.69) is 4.98 Å². The van der Waals surface area contributed by atoms with Gasteiger partial charge in [-0.15, -0.1) is 11.3 Å². The monoisotopic (exact) mass is 367 g/mol. The molecular formula is C18H10FN3O3S. The molecule has 6 nitrogen and oxygen atoms in total. The Hall–Kier alpha value is -3.39. The van der Waals surface area contributed by atoms with Crippen LogP contribution in [0.25, 0.3) is 27.5 Å². The van der Waals surface area contributed by atoms with E-state index < -0.39 is 4.92 Å². The number of fused-ring (bicyclic) bond motifs is 1. The minimum Gasteiger partial charge on any atom is -0.296 e. The zero-order valence-corrected chi connectivity index (χ0v) is 13.9. The molecule has 0 aliphatic rings. The Morgan fingerprint density at radius 1 is 1.08 bits per heavy atom. The minimum atomic E-state index is -0.465. The van der Waals surface area contributed by atoms with Gasteiger partial charge in [0, 0.05) is 23.1 Å². The summed E-state index contributed by atoms with van der Waals surface area (Å²) >= 11 is 1.35. The van der Waals surface area contributed by atoms with Crippen molar-refractivity contribution in [1.82, 2.24) is 9.38 Å². The molecule has 4 aromatic rings. The number of thiazole rings is 1. The van der Waals surface area contributed by atoms with E-state index in [-0.39, 0.29) is 11.5 Å². The first-order valence-electron chi connectivity index (χ1n) is 7.54. The first kappa shape index (κ1) is 16.1. The Morgan fingerprint density at radius 3 is 2.35 bits per heavy atom. The molecule has 0 aliphatic heterocycles. The topological polar surface area (TPSA) is 77.5 Å². The van der Waals surface area contributed by atoms with Crippen molar-refractivity contribution in [2.45, 2.75) is 0 Å². The van der Waals surface area contributed by atoms with Gasteiger partial charge in [-0.2, -0.15) is 0 Å². The van der Waals surface area contributed by atoms with Crippen LogP contribution >= 0.6 is 11.3 Å². The lowest BCUT2D eigenvalue weighted by atomic mass is 10.1. The van der Waals surface area contributed by atoms with Crippen molar-refractivity contribution in [3.63, 3.8) is 0 Å². The van der Waals surface area contributed by atoms with Crippen molar-refractivity contribution in [2.24, 2.45) is 0 Å². The van der Waals surface area contributed by atoms with E-state index in [0.717, 1.165) is 5.56 Å². The molecule has 2 aromatic heterocycles. The highest BCUT2D eigenvalue weighted by molar-refractivity contribution is 7.15. The van der Waals surface area contributed by atoms with Gasteiger partial charge >= 0.3 is 0 Å². The van der Waals surface area contributed by atoms with Gasteiger partial charge in [0.25, 0.3) is 5.69 Å². The van der Waals surface area contributed by atoms with E-state index in [1.54, 1.807) is 28.7 Å². The summed E-state index contributed by atoms with van der Waals surface area (Å²) < 4.78 is 14.9. The summed E-state index contributed by atoms with van der Waals surface area (Å²) in [6, 6.07) is 11.9. The van der Waals surface area contributed by atoms with Crippen molar-refractivity contribution in [1.29, 1.82) is 0 Å². The van der Waals surface area contributed by atoms with Gasteiger partial charge in [-0.1, -0.05) is 0 Å². The predicted octanol–water partition coefficient (Wildman–Crippen LogP) is 4.59. The maximum atomic E-state index is 13.2. The Morgan fingerprint density at radius 2 is 1.73 bits per heavy atom. The van der Waals surface area contributed by atoms with Gasteiger partial charge < -0.3 is 0 Å². The molecule has 0 unspecified atom stereocenters. The van der Waals surface area contributed by atoms with Gasteiger partial charge in [-0.3, -0.25) is 19.3 Å². The average molecular weight is 367 g/mol. The number of carbonyl (C=O) groups excluding carboxylic acids is 1. The average Bonchev–Trinajstić information content (AvgIpc) is 3.21. The van der Waals surface area contributed by atoms with Crippen LogP contribution in [0.2, 0.25) is 0 Å². The Balaban J connectivity index is 1.88. The summed E-state index contributed by atoms with van der Waals surface area (Å²) in [6.45, 7) is 0. The fourth-order valence-electron chi connectivity index (χ4n) is 2.76. The fourth-order valence-corrected chi connectivity index (χ4v) is 3.67. The fraction of sp³-hybridized carbons (Fsp3) is 0. The molecule has 0 amide bonds. The number of hydrogen-bond acceptors (Lipinski definition) is 5. The zero-order valence-electron chi connectivity index (χ0n) is 13.1. The summed E-state index contributed by atoms with van der Waals surface area (Å²) in [7, 11) is 0. The number of non-ortho nitro benzene ring substituents is 1. The number of nitrogens with zero attached hydrogens (tertiary/aromatic N) is 3. The van der Waals surface area contributed by atoms with Crippen LogP contribution in [0.4, 0.5) is 10.1 Å². The number of benzene rings is 2. The van der Waals surface area contributed by atoms with E-state index in [1.807, 2.05) is 5.38 Å². The molecule has 4 rings (SSSR count). The van der Waals surface area contributed by atoms with Crippen molar-refractivity contribution < 1.29 is 14.1 Å². The summed E-state index contributed by atoms with van der Waals surface area (Å²) in [6.07, 6.45) is 0.709. The molecule has 0 fully saturated rings. The molecular weight excluding hydrogens is 357 g/mol. The lowest BCUT2D eigenvalue weighted by molar-refractivity contribution is -0.384. The van der Waals surface area contributed by atoms with Gasteiger partial charge in [-0.25, -0.2) is 9.37 Å². The number of nitro groups is 1. The number of halogens is 1. The normalized spacial score (nSPS) is 11.0. The van der Waals surface area contributed by atoms with Crippen LogP contribution in [-0.2, 0) is 0 Å². The molecule has 26 heavy (non-hydrogen) atoms. The smallest absolute Gasteiger partial charge is 0.269 e. The Labute approximate surface area is 150 Å². The maximum absolute atomic E-state index is 13.2. The number of carbonyl (C=O) groups is 1. The van der Waals surface area contributed by atoms with E-state index in [4.69, 9.17) is 0 Å². The van der Waals surface area contributed by atoms with E-state index in [9.17, 15) is 19.3 Å². The highest BCUT2D eigenvalue weighted by Crippen LogP contribution is 2.32. The van der Waals surface area contributed by atoms with Crippen LogP contribution in [0.15, 0.2) is 53.9 Å². The quantitative estimate of drug-likeness (QED) is 0.300. The molecule has 0 spiro atoms. The third-order valence-electron chi connectivity index (χ3n) is 4.00. The predicted molar refractivity (Wildman–Crippen MR) is 95.9 cm³/mol. The molecule has 0 bridgehead atoms. The van der Waals surface area contributed by atoms with Crippen molar-refractivity contribution in [2.75, 3.05) is 0 Å². The van der Waals surface area contributed by atoms with Crippen LogP contribution in [0.3, 0.4) is 0 Å². The lowest BCUT2D eigenvalue weighted by Gasteiger charge is -2.03. The van der Waals surface area contributed by atoms with Crippen LogP contribution in [0.5, 0.6) is 0 Å².